The fourth-order valence-electron chi connectivity index (χ4n) is 4.06. The van der Waals surface area contributed by atoms with Crippen molar-refractivity contribution in [2.75, 3.05) is 0 Å². The first-order valence-corrected chi connectivity index (χ1v) is 9.80. The Bertz CT molecular complexity index is 823. The second kappa shape index (κ2) is 6.96. The predicted octanol–water partition coefficient (Wildman–Crippen LogP) is 5.97. The maximum absolute atomic E-state index is 13.1. The number of alkyl halides is 3. The van der Waals surface area contributed by atoms with Crippen LogP contribution in [-0.2, 0) is 21.6 Å². The van der Waals surface area contributed by atoms with Gasteiger partial charge in [-0.1, -0.05) is 51.1 Å². The number of carbonyl (C=O) groups excluding carboxylic acids is 1. The summed E-state index contributed by atoms with van der Waals surface area (Å²) < 4.78 is 44.7. The summed E-state index contributed by atoms with van der Waals surface area (Å²) in [7, 11) is 0. The summed E-state index contributed by atoms with van der Waals surface area (Å²) in [6.07, 6.45) is -0.774. The number of aryl methyl sites for hydroxylation is 1. The first kappa shape index (κ1) is 21.5. The number of nitrogens with zero attached hydrogens (tertiary/aromatic N) is 2. The van der Waals surface area contributed by atoms with Crippen LogP contribution in [0.25, 0.3) is 0 Å². The van der Waals surface area contributed by atoms with Crippen LogP contribution in [0.4, 0.5) is 13.2 Å². The molecule has 3 atom stereocenters. The van der Waals surface area contributed by atoms with Crippen LogP contribution in [-0.4, -0.2) is 18.2 Å². The van der Waals surface area contributed by atoms with Gasteiger partial charge < -0.3 is 4.74 Å². The van der Waals surface area contributed by atoms with Gasteiger partial charge in [-0.25, -0.2) is 0 Å². The molecule has 0 amide bonds. The second-order valence-electron chi connectivity index (χ2n) is 9.08. The Morgan fingerprint density at radius 2 is 1.83 bits per heavy atom. The lowest BCUT2D eigenvalue weighted by atomic mass is 9.64. The van der Waals surface area contributed by atoms with Gasteiger partial charge in [-0.05, 0) is 43.1 Å². The molecule has 2 heterocycles. The standard InChI is InChI=1S/C22H27F3N2O2/c1-6-19(3,4)13-14(2)20(5)17(29-18(20)28)12-9-15-7-10-16(11-8-15)21(26-27-21)22(23,24)25/h6-8,10-11,14,17H,1,9,12-13H2,2-5H3. The van der Waals surface area contributed by atoms with E-state index in [9.17, 15) is 18.0 Å². The van der Waals surface area contributed by atoms with Crippen LogP contribution in [0, 0.1) is 16.7 Å². The van der Waals surface area contributed by atoms with E-state index in [1.807, 2.05) is 13.0 Å². The van der Waals surface area contributed by atoms with Crippen LogP contribution in [0.5, 0.6) is 0 Å². The Hall–Kier alpha value is -2.18. The lowest BCUT2D eigenvalue weighted by Gasteiger charge is -2.49. The number of hydrogen-bond acceptors (Lipinski definition) is 4. The Balaban J connectivity index is 1.63. The summed E-state index contributed by atoms with van der Waals surface area (Å²) in [5.41, 5.74) is -2.12. The monoisotopic (exact) mass is 408 g/mol. The highest BCUT2D eigenvalue weighted by atomic mass is 19.4. The molecule has 1 aromatic carbocycles. The molecule has 1 saturated heterocycles. The minimum atomic E-state index is -4.52. The molecule has 0 saturated carbocycles. The first-order valence-electron chi connectivity index (χ1n) is 9.80. The summed E-state index contributed by atoms with van der Waals surface area (Å²) in [5.74, 6) is -0.0665. The molecular formula is C22H27F3N2O2. The minimum absolute atomic E-state index is 0.0222. The highest BCUT2D eigenvalue weighted by molar-refractivity contribution is 5.83. The van der Waals surface area contributed by atoms with E-state index in [0.717, 1.165) is 12.0 Å². The largest absolute Gasteiger partial charge is 0.461 e. The van der Waals surface area contributed by atoms with Crippen molar-refractivity contribution in [3.05, 3.63) is 48.0 Å². The minimum Gasteiger partial charge on any atom is -0.461 e. The molecule has 158 valence electrons. The molecule has 0 radical (unpaired) electrons. The number of carbonyl (C=O) groups is 1. The molecule has 2 aliphatic rings. The van der Waals surface area contributed by atoms with Crippen molar-refractivity contribution in [1.29, 1.82) is 0 Å². The number of hydrogen-bond donors (Lipinski definition) is 0. The summed E-state index contributed by atoms with van der Waals surface area (Å²) in [4.78, 5) is 12.3. The van der Waals surface area contributed by atoms with Gasteiger partial charge in [-0.3, -0.25) is 4.79 Å². The van der Waals surface area contributed by atoms with E-state index < -0.39 is 17.3 Å². The molecule has 3 rings (SSSR count). The molecule has 29 heavy (non-hydrogen) atoms. The van der Waals surface area contributed by atoms with E-state index in [1.165, 1.54) is 12.1 Å². The van der Waals surface area contributed by atoms with Crippen molar-refractivity contribution >= 4 is 5.97 Å². The second-order valence-corrected chi connectivity index (χ2v) is 9.08. The van der Waals surface area contributed by atoms with Crippen LogP contribution < -0.4 is 0 Å². The zero-order chi connectivity index (χ0) is 21.7. The Morgan fingerprint density at radius 3 is 2.28 bits per heavy atom. The number of ether oxygens (including phenoxy) is 1. The number of allylic oxidation sites excluding steroid dienone is 1. The molecule has 0 aromatic heterocycles. The Labute approximate surface area is 169 Å². The molecule has 1 aromatic rings. The average Bonchev–Trinajstić information content (AvgIpc) is 3.46. The normalized spacial score (nSPS) is 26.4. The maximum Gasteiger partial charge on any atom is 0.442 e. The third kappa shape index (κ3) is 3.71. The van der Waals surface area contributed by atoms with E-state index in [2.05, 4.69) is 37.6 Å². The van der Waals surface area contributed by atoms with Gasteiger partial charge in [0.1, 0.15) is 11.5 Å². The lowest BCUT2D eigenvalue weighted by Crippen LogP contribution is -2.58. The molecule has 0 N–H and O–H groups in total. The third-order valence-corrected chi connectivity index (χ3v) is 6.51. The van der Waals surface area contributed by atoms with Gasteiger partial charge >= 0.3 is 17.8 Å². The van der Waals surface area contributed by atoms with Crippen LogP contribution in [0.3, 0.4) is 0 Å². The van der Waals surface area contributed by atoms with E-state index in [-0.39, 0.29) is 29.0 Å². The average molecular weight is 408 g/mol. The van der Waals surface area contributed by atoms with Crippen LogP contribution in [0.15, 0.2) is 47.1 Å². The van der Waals surface area contributed by atoms with E-state index in [4.69, 9.17) is 4.74 Å². The Morgan fingerprint density at radius 1 is 1.24 bits per heavy atom. The van der Waals surface area contributed by atoms with Crippen molar-refractivity contribution in [2.24, 2.45) is 27.0 Å². The van der Waals surface area contributed by atoms with Gasteiger partial charge in [0.2, 0.25) is 0 Å². The third-order valence-electron chi connectivity index (χ3n) is 6.51. The zero-order valence-electron chi connectivity index (χ0n) is 17.2. The topological polar surface area (TPSA) is 51.0 Å². The molecular weight excluding hydrogens is 381 g/mol. The Kier molecular flexibility index (Phi) is 5.16. The van der Waals surface area contributed by atoms with Crippen LogP contribution in [0.2, 0.25) is 0 Å². The molecule has 0 bridgehead atoms. The van der Waals surface area contributed by atoms with E-state index >= 15 is 0 Å². The summed E-state index contributed by atoms with van der Waals surface area (Å²) in [5, 5.41) is 6.44. The molecule has 0 spiro atoms. The van der Waals surface area contributed by atoms with Gasteiger partial charge in [-0.2, -0.15) is 13.2 Å². The fourth-order valence-corrected chi connectivity index (χ4v) is 4.06. The van der Waals surface area contributed by atoms with Crippen molar-refractivity contribution in [1.82, 2.24) is 0 Å². The van der Waals surface area contributed by atoms with Crippen molar-refractivity contribution in [3.8, 4) is 0 Å². The predicted molar refractivity (Wildman–Crippen MR) is 103 cm³/mol. The van der Waals surface area contributed by atoms with Crippen LogP contribution in [0.1, 0.15) is 51.7 Å². The first-order chi connectivity index (χ1) is 13.4. The lowest BCUT2D eigenvalue weighted by molar-refractivity contribution is -0.215. The van der Waals surface area contributed by atoms with Crippen molar-refractivity contribution in [3.63, 3.8) is 0 Å². The summed E-state index contributed by atoms with van der Waals surface area (Å²) in [6.45, 7) is 12.1. The molecule has 2 aliphatic heterocycles. The summed E-state index contributed by atoms with van der Waals surface area (Å²) >= 11 is 0. The number of halogens is 3. The molecule has 0 aliphatic carbocycles. The number of cyclic esters (lactones) is 1. The van der Waals surface area contributed by atoms with Gasteiger partial charge in [-0.15, -0.1) is 16.8 Å². The highest BCUT2D eigenvalue weighted by Crippen LogP contribution is 2.52. The SMILES string of the molecule is C=CC(C)(C)CC(C)C1(C)C(=O)OC1CCc1ccc(C2(C(F)(F)F)N=N2)cc1. The summed E-state index contributed by atoms with van der Waals surface area (Å²) in [6, 6.07) is 6.16. The zero-order valence-corrected chi connectivity index (χ0v) is 17.2. The quantitative estimate of drug-likeness (QED) is 0.393. The van der Waals surface area contributed by atoms with Gasteiger partial charge in [0, 0.05) is 5.56 Å². The highest BCUT2D eigenvalue weighted by Gasteiger charge is 2.65. The molecule has 3 unspecified atom stereocenters. The van der Waals surface area contributed by atoms with E-state index in [0.29, 0.717) is 12.8 Å². The fraction of sp³-hybridized carbons (Fsp3) is 0.591. The molecule has 4 nitrogen and oxygen atoms in total. The number of benzene rings is 1. The van der Waals surface area contributed by atoms with Gasteiger partial charge in [0.15, 0.2) is 0 Å². The number of rotatable bonds is 8. The van der Waals surface area contributed by atoms with Crippen molar-refractivity contribution in [2.45, 2.75) is 64.9 Å². The van der Waals surface area contributed by atoms with Gasteiger partial charge in [0.25, 0.3) is 0 Å². The molecule has 7 heteroatoms. The smallest absolute Gasteiger partial charge is 0.442 e. The van der Waals surface area contributed by atoms with E-state index in [1.54, 1.807) is 12.1 Å². The van der Waals surface area contributed by atoms with Crippen LogP contribution >= 0.6 is 0 Å². The van der Waals surface area contributed by atoms with Gasteiger partial charge in [0.05, 0.1) is 0 Å². The number of esters is 1. The van der Waals surface area contributed by atoms with Crippen molar-refractivity contribution < 1.29 is 22.7 Å². The molecule has 1 fully saturated rings. The maximum atomic E-state index is 13.1.